The van der Waals surface area contributed by atoms with Crippen LogP contribution >= 0.6 is 22.9 Å². The number of anilines is 1. The van der Waals surface area contributed by atoms with Crippen LogP contribution in [0, 0.1) is 6.92 Å². The van der Waals surface area contributed by atoms with Gasteiger partial charge < -0.3 is 10.6 Å². The molecule has 0 radical (unpaired) electrons. The summed E-state index contributed by atoms with van der Waals surface area (Å²) in [6, 6.07) is 14.4. The Bertz CT molecular complexity index is 1070. The molecule has 0 saturated heterocycles. The number of benzene rings is 2. The maximum atomic E-state index is 5.96. The van der Waals surface area contributed by atoms with Crippen LogP contribution in [0.4, 0.5) is 5.13 Å². The first-order chi connectivity index (χ1) is 13.6. The third-order valence-corrected chi connectivity index (χ3v) is 5.90. The van der Waals surface area contributed by atoms with Crippen LogP contribution in [0.3, 0.4) is 0 Å². The van der Waals surface area contributed by atoms with E-state index in [-0.39, 0.29) is 6.04 Å². The summed E-state index contributed by atoms with van der Waals surface area (Å²) in [7, 11) is 1.97. The van der Waals surface area contributed by atoms with Crippen molar-refractivity contribution in [2.24, 2.45) is 0 Å². The number of nitrogens with zero attached hydrogens (tertiary/aromatic N) is 3. The van der Waals surface area contributed by atoms with Gasteiger partial charge in [-0.25, -0.2) is 0 Å². The van der Waals surface area contributed by atoms with Gasteiger partial charge in [0.05, 0.1) is 5.52 Å². The van der Waals surface area contributed by atoms with Crippen LogP contribution in [0.1, 0.15) is 11.3 Å². The highest BCUT2D eigenvalue weighted by Gasteiger charge is 2.12. The SMILES string of the molecule is CN[C@@H](CNc1nnc(-c2ccc3n[nH]c(C)c3c2)s1)Cc1ccc(Cl)cc1. The fourth-order valence-electron chi connectivity index (χ4n) is 3.07. The molecule has 0 saturated carbocycles. The van der Waals surface area contributed by atoms with Gasteiger partial charge in [0, 0.05) is 34.3 Å². The maximum absolute atomic E-state index is 5.96. The van der Waals surface area contributed by atoms with Crippen molar-refractivity contribution in [3.05, 3.63) is 58.7 Å². The van der Waals surface area contributed by atoms with Gasteiger partial charge in [-0.3, -0.25) is 5.10 Å². The molecule has 2 heterocycles. The molecular formula is C20H21ClN6S. The standard InChI is InChI=1S/C20H21ClN6S/c1-12-17-10-14(5-8-18(17)25-24-12)19-26-27-20(28-19)23-11-16(22-2)9-13-3-6-15(21)7-4-13/h3-8,10,16,22H,9,11H2,1-2H3,(H,23,27)(H,24,25)/t16-/m1/s1. The number of fused-ring (bicyclic) bond motifs is 1. The van der Waals surface area contributed by atoms with Crippen LogP contribution in [-0.2, 0) is 6.42 Å². The van der Waals surface area contributed by atoms with Crippen molar-refractivity contribution in [1.82, 2.24) is 25.7 Å². The third-order valence-electron chi connectivity index (χ3n) is 4.72. The second kappa shape index (κ2) is 8.26. The quantitative estimate of drug-likeness (QED) is 0.422. The molecule has 4 rings (SSSR count). The highest BCUT2D eigenvalue weighted by molar-refractivity contribution is 7.18. The number of hydrogen-bond donors (Lipinski definition) is 3. The first kappa shape index (κ1) is 18.9. The van der Waals surface area contributed by atoms with E-state index < -0.39 is 0 Å². The van der Waals surface area contributed by atoms with Crippen molar-refractivity contribution in [2.45, 2.75) is 19.4 Å². The molecule has 1 atom stereocenters. The predicted octanol–water partition coefficient (Wildman–Crippen LogP) is 4.29. The lowest BCUT2D eigenvalue weighted by Gasteiger charge is -2.16. The molecule has 8 heteroatoms. The maximum Gasteiger partial charge on any atom is 0.206 e. The molecule has 0 bridgehead atoms. The Morgan fingerprint density at radius 3 is 2.75 bits per heavy atom. The van der Waals surface area contributed by atoms with Gasteiger partial charge in [-0.2, -0.15) is 5.10 Å². The summed E-state index contributed by atoms with van der Waals surface area (Å²) in [6.07, 6.45) is 0.906. The van der Waals surface area contributed by atoms with E-state index in [1.807, 2.05) is 38.2 Å². The van der Waals surface area contributed by atoms with Crippen LogP contribution < -0.4 is 10.6 Å². The van der Waals surface area contributed by atoms with Gasteiger partial charge in [-0.05, 0) is 56.3 Å². The lowest BCUT2D eigenvalue weighted by molar-refractivity contribution is 0.583. The van der Waals surface area contributed by atoms with Crippen molar-refractivity contribution in [2.75, 3.05) is 18.9 Å². The lowest BCUT2D eigenvalue weighted by atomic mass is 10.1. The van der Waals surface area contributed by atoms with E-state index in [9.17, 15) is 0 Å². The molecule has 0 aliphatic heterocycles. The normalized spacial score (nSPS) is 12.4. The molecule has 28 heavy (non-hydrogen) atoms. The Balaban J connectivity index is 1.42. The Morgan fingerprint density at radius 2 is 1.96 bits per heavy atom. The summed E-state index contributed by atoms with van der Waals surface area (Å²) >= 11 is 7.52. The molecule has 2 aromatic heterocycles. The number of rotatable bonds is 7. The Hall–Kier alpha value is -2.48. The number of aromatic amines is 1. The number of aromatic nitrogens is 4. The molecule has 0 unspecified atom stereocenters. The smallest absolute Gasteiger partial charge is 0.206 e. The second-order valence-corrected chi connectivity index (χ2v) is 8.10. The van der Waals surface area contributed by atoms with Crippen LogP contribution in [0.2, 0.25) is 5.02 Å². The number of aryl methyl sites for hydroxylation is 1. The first-order valence-corrected chi connectivity index (χ1v) is 10.3. The topological polar surface area (TPSA) is 78.5 Å². The van der Waals surface area contributed by atoms with E-state index in [1.165, 1.54) is 5.56 Å². The second-order valence-electron chi connectivity index (χ2n) is 6.69. The number of hydrogen-bond acceptors (Lipinski definition) is 6. The summed E-state index contributed by atoms with van der Waals surface area (Å²) < 4.78 is 0. The van der Waals surface area contributed by atoms with Crippen molar-refractivity contribution >= 4 is 39.0 Å². The van der Waals surface area contributed by atoms with Crippen molar-refractivity contribution in [3.63, 3.8) is 0 Å². The number of nitrogens with one attached hydrogen (secondary N) is 3. The molecule has 0 amide bonds. The van der Waals surface area contributed by atoms with Crippen LogP contribution in [0.25, 0.3) is 21.5 Å². The minimum Gasteiger partial charge on any atom is -0.358 e. The third kappa shape index (κ3) is 4.16. The molecule has 3 N–H and O–H groups in total. The zero-order valence-corrected chi connectivity index (χ0v) is 17.2. The minimum absolute atomic E-state index is 0.276. The largest absolute Gasteiger partial charge is 0.358 e. The van der Waals surface area contributed by atoms with Gasteiger partial charge in [0.25, 0.3) is 0 Å². The van der Waals surface area contributed by atoms with Crippen molar-refractivity contribution in [1.29, 1.82) is 0 Å². The van der Waals surface area contributed by atoms with E-state index in [0.717, 1.165) is 50.3 Å². The average molecular weight is 413 g/mol. The number of likely N-dealkylation sites (N-methyl/N-ethyl adjacent to an activating group) is 1. The molecule has 4 aromatic rings. The van der Waals surface area contributed by atoms with Gasteiger partial charge in [0.2, 0.25) is 5.13 Å². The van der Waals surface area contributed by atoms with E-state index in [0.29, 0.717) is 0 Å². The molecule has 0 aliphatic rings. The molecule has 0 aliphatic carbocycles. The van der Waals surface area contributed by atoms with Gasteiger partial charge in [-0.15, -0.1) is 10.2 Å². The van der Waals surface area contributed by atoms with Gasteiger partial charge in [0.15, 0.2) is 0 Å². The van der Waals surface area contributed by atoms with Gasteiger partial charge in [0.1, 0.15) is 5.01 Å². The van der Waals surface area contributed by atoms with Crippen LogP contribution in [-0.4, -0.2) is 40.0 Å². The molecule has 6 nitrogen and oxygen atoms in total. The van der Waals surface area contributed by atoms with Crippen LogP contribution in [0.15, 0.2) is 42.5 Å². The Labute approximate surface area is 172 Å². The highest BCUT2D eigenvalue weighted by Crippen LogP contribution is 2.29. The molecular weight excluding hydrogens is 392 g/mol. The van der Waals surface area contributed by atoms with Crippen molar-refractivity contribution in [3.8, 4) is 10.6 Å². The van der Waals surface area contributed by atoms with Crippen LogP contribution in [0.5, 0.6) is 0 Å². The zero-order chi connectivity index (χ0) is 19.5. The van der Waals surface area contributed by atoms with E-state index >= 15 is 0 Å². The molecule has 144 valence electrons. The summed E-state index contributed by atoms with van der Waals surface area (Å²) in [5.41, 5.74) is 4.31. The monoisotopic (exact) mass is 412 g/mol. The Kier molecular flexibility index (Phi) is 5.57. The molecule has 0 fully saturated rings. The van der Waals surface area contributed by atoms with Crippen molar-refractivity contribution < 1.29 is 0 Å². The molecule has 2 aromatic carbocycles. The van der Waals surface area contributed by atoms with E-state index in [4.69, 9.17) is 11.6 Å². The van der Waals surface area contributed by atoms with E-state index in [2.05, 4.69) is 49.2 Å². The fourth-order valence-corrected chi connectivity index (χ4v) is 3.95. The van der Waals surface area contributed by atoms with E-state index in [1.54, 1.807) is 11.3 Å². The summed E-state index contributed by atoms with van der Waals surface area (Å²) in [6.45, 7) is 2.78. The zero-order valence-electron chi connectivity index (χ0n) is 15.7. The highest BCUT2D eigenvalue weighted by atomic mass is 35.5. The molecule has 0 spiro atoms. The summed E-state index contributed by atoms with van der Waals surface area (Å²) in [5, 5.41) is 26.2. The van der Waals surface area contributed by atoms with Gasteiger partial charge in [-0.1, -0.05) is 35.1 Å². The lowest BCUT2D eigenvalue weighted by Crippen LogP contribution is -2.34. The fraction of sp³-hybridized carbons (Fsp3) is 0.250. The summed E-state index contributed by atoms with van der Waals surface area (Å²) in [4.78, 5) is 0. The van der Waals surface area contributed by atoms with Gasteiger partial charge >= 0.3 is 0 Å². The Morgan fingerprint density at radius 1 is 1.14 bits per heavy atom. The predicted molar refractivity (Wildman–Crippen MR) is 116 cm³/mol. The summed E-state index contributed by atoms with van der Waals surface area (Å²) in [5.74, 6) is 0. The number of H-pyrrole nitrogens is 1. The first-order valence-electron chi connectivity index (χ1n) is 9.06. The number of halogens is 1. The minimum atomic E-state index is 0.276. The average Bonchev–Trinajstić information content (AvgIpc) is 3.33.